The van der Waals surface area contributed by atoms with Gasteiger partial charge in [-0.3, -0.25) is 4.79 Å². The number of nitrogens with one attached hydrogen (secondary N) is 1. The van der Waals surface area contributed by atoms with Crippen molar-refractivity contribution in [1.82, 2.24) is 24.6 Å². The van der Waals surface area contributed by atoms with Gasteiger partial charge in [-0.25, -0.2) is 12.8 Å². The molecule has 4 rings (SSSR count). The van der Waals surface area contributed by atoms with Gasteiger partial charge in [0, 0.05) is 25.2 Å². The van der Waals surface area contributed by atoms with E-state index in [4.69, 9.17) is 0 Å². The van der Waals surface area contributed by atoms with Gasteiger partial charge in [0.1, 0.15) is 5.82 Å². The summed E-state index contributed by atoms with van der Waals surface area (Å²) < 4.78 is 40.4. The molecule has 1 aromatic carbocycles. The van der Waals surface area contributed by atoms with Crippen LogP contribution in [-0.4, -0.2) is 64.1 Å². The number of carbonyl (C=O) groups excluding carboxylic acids is 1. The van der Waals surface area contributed by atoms with Crippen molar-refractivity contribution < 1.29 is 17.6 Å². The first-order valence-electron chi connectivity index (χ1n) is 7.91. The van der Waals surface area contributed by atoms with Crippen LogP contribution in [0.5, 0.6) is 0 Å². The van der Waals surface area contributed by atoms with Gasteiger partial charge in [-0.1, -0.05) is 0 Å². The van der Waals surface area contributed by atoms with Gasteiger partial charge in [0.05, 0.1) is 11.1 Å². The third kappa shape index (κ3) is 2.71. The molecule has 2 aliphatic rings. The third-order valence-electron chi connectivity index (χ3n) is 4.73. The smallest absolute Gasteiger partial charge is 0.276 e. The zero-order valence-electron chi connectivity index (χ0n) is 13.2. The second-order valence-corrected chi connectivity index (χ2v) is 8.08. The number of hydrogen-bond donors (Lipinski definition) is 1. The van der Waals surface area contributed by atoms with Gasteiger partial charge in [0.25, 0.3) is 5.91 Å². The molecule has 1 aromatic heterocycles. The van der Waals surface area contributed by atoms with E-state index in [0.29, 0.717) is 25.9 Å². The van der Waals surface area contributed by atoms with Crippen molar-refractivity contribution in [3.8, 4) is 0 Å². The van der Waals surface area contributed by atoms with E-state index in [0.717, 1.165) is 12.1 Å². The lowest BCUT2D eigenvalue weighted by molar-refractivity contribution is 0.0609. The van der Waals surface area contributed by atoms with Crippen LogP contribution in [0, 0.1) is 5.82 Å². The molecule has 25 heavy (non-hydrogen) atoms. The van der Waals surface area contributed by atoms with Crippen LogP contribution in [0.3, 0.4) is 0 Å². The summed E-state index contributed by atoms with van der Waals surface area (Å²) in [7, 11) is -3.72. The lowest BCUT2D eigenvalue weighted by Gasteiger charge is -2.39. The van der Waals surface area contributed by atoms with Gasteiger partial charge >= 0.3 is 0 Å². The highest BCUT2D eigenvalue weighted by atomic mass is 32.2. The highest BCUT2D eigenvalue weighted by Gasteiger charge is 2.47. The highest BCUT2D eigenvalue weighted by Crippen LogP contribution is 2.35. The van der Waals surface area contributed by atoms with Crippen LogP contribution in [-0.2, 0) is 10.0 Å². The molecule has 3 heterocycles. The number of aromatic amines is 1. The molecule has 2 saturated heterocycles. The molecule has 8 nitrogen and oxygen atoms in total. The van der Waals surface area contributed by atoms with Gasteiger partial charge in [0.15, 0.2) is 5.69 Å². The lowest BCUT2D eigenvalue weighted by Crippen LogP contribution is -2.57. The molecule has 0 radical (unpaired) electrons. The first-order chi connectivity index (χ1) is 12.0. The number of amides is 1. The van der Waals surface area contributed by atoms with E-state index in [1.165, 1.54) is 22.6 Å². The van der Waals surface area contributed by atoms with Crippen molar-refractivity contribution >= 4 is 15.9 Å². The highest BCUT2D eigenvalue weighted by molar-refractivity contribution is 7.89. The third-order valence-corrected chi connectivity index (χ3v) is 6.74. The summed E-state index contributed by atoms with van der Waals surface area (Å²) in [5.74, 6) is -0.741. The maximum absolute atomic E-state index is 13.1. The summed E-state index contributed by atoms with van der Waals surface area (Å²) in [4.78, 5) is 14.1. The molecule has 0 aliphatic carbocycles. The Morgan fingerprint density at radius 1 is 1.16 bits per heavy atom. The van der Waals surface area contributed by atoms with Crippen LogP contribution in [0.4, 0.5) is 4.39 Å². The van der Waals surface area contributed by atoms with Gasteiger partial charge < -0.3 is 4.90 Å². The number of hydrogen-bond acceptors (Lipinski definition) is 5. The first-order valence-corrected chi connectivity index (χ1v) is 9.35. The Balaban J connectivity index is 1.58. The first kappa shape index (κ1) is 16.2. The monoisotopic (exact) mass is 365 g/mol. The number of carbonyl (C=O) groups is 1. The molecule has 132 valence electrons. The summed E-state index contributed by atoms with van der Waals surface area (Å²) in [6, 6.07) is 4.25. The van der Waals surface area contributed by atoms with Crippen LogP contribution in [0.2, 0.25) is 0 Å². The van der Waals surface area contributed by atoms with E-state index in [2.05, 4.69) is 15.4 Å². The number of aromatic nitrogens is 3. The van der Waals surface area contributed by atoms with Gasteiger partial charge in [-0.15, -0.1) is 0 Å². The molecule has 2 unspecified atom stereocenters. The number of rotatable bonds is 3. The minimum Gasteiger partial charge on any atom is -0.334 e. The number of sulfonamides is 1. The maximum atomic E-state index is 13.1. The lowest BCUT2D eigenvalue weighted by atomic mass is 10.2. The summed E-state index contributed by atoms with van der Waals surface area (Å²) in [5.41, 5.74) is 0.217. The molecule has 10 heteroatoms. The predicted octanol–water partition coefficient (Wildman–Crippen LogP) is 0.621. The molecule has 2 aromatic rings. The fraction of sp³-hybridized carbons (Fsp3) is 0.400. The molecule has 1 N–H and O–H groups in total. The van der Waals surface area contributed by atoms with Crippen LogP contribution < -0.4 is 0 Å². The topological polar surface area (TPSA) is 99.3 Å². The Morgan fingerprint density at radius 3 is 2.36 bits per heavy atom. The second-order valence-electron chi connectivity index (χ2n) is 6.24. The van der Waals surface area contributed by atoms with Gasteiger partial charge in [-0.05, 0) is 37.1 Å². The number of likely N-dealkylation sites (tertiary alicyclic amines) is 1. The molecule has 2 fully saturated rings. The van der Waals surface area contributed by atoms with E-state index < -0.39 is 15.8 Å². The summed E-state index contributed by atoms with van der Waals surface area (Å²) in [6.07, 6.45) is 2.73. The van der Waals surface area contributed by atoms with Crippen molar-refractivity contribution in [3.63, 3.8) is 0 Å². The van der Waals surface area contributed by atoms with Crippen molar-refractivity contribution in [2.45, 2.75) is 29.8 Å². The average molecular weight is 365 g/mol. The quantitative estimate of drug-likeness (QED) is 0.860. The zero-order valence-corrected chi connectivity index (χ0v) is 14.0. The summed E-state index contributed by atoms with van der Waals surface area (Å²) >= 11 is 0. The largest absolute Gasteiger partial charge is 0.334 e. The van der Waals surface area contributed by atoms with E-state index >= 15 is 0 Å². The number of halogens is 1. The van der Waals surface area contributed by atoms with Gasteiger partial charge in [0.2, 0.25) is 10.0 Å². The molecule has 1 amide bonds. The second kappa shape index (κ2) is 5.88. The Hall–Kier alpha value is -2.33. The molecule has 0 saturated carbocycles. The van der Waals surface area contributed by atoms with Crippen molar-refractivity contribution in [3.05, 3.63) is 42.0 Å². The normalized spacial score (nSPS) is 23.8. The average Bonchev–Trinajstić information content (AvgIpc) is 3.21. The molecule has 2 atom stereocenters. The van der Waals surface area contributed by atoms with Crippen LogP contribution >= 0.6 is 0 Å². The summed E-state index contributed by atoms with van der Waals surface area (Å²) in [6.45, 7) is 0.616. The molecule has 0 spiro atoms. The number of benzene rings is 1. The molecular weight excluding hydrogens is 349 g/mol. The molecule has 2 aliphatic heterocycles. The van der Waals surface area contributed by atoms with E-state index in [-0.39, 0.29) is 28.6 Å². The number of nitrogens with zero attached hydrogens (tertiary/aromatic N) is 4. The minimum atomic E-state index is -3.72. The number of fused-ring (bicyclic) bond motifs is 2. The maximum Gasteiger partial charge on any atom is 0.276 e. The Labute approximate surface area is 143 Å². The number of piperazine rings is 1. The van der Waals surface area contributed by atoms with Crippen molar-refractivity contribution in [2.75, 3.05) is 13.1 Å². The minimum absolute atomic E-state index is 0.0714. The Kier molecular flexibility index (Phi) is 3.80. The predicted molar refractivity (Wildman–Crippen MR) is 84.5 cm³/mol. The van der Waals surface area contributed by atoms with E-state index in [9.17, 15) is 17.6 Å². The van der Waals surface area contributed by atoms with E-state index in [1.807, 2.05) is 0 Å². The SMILES string of the molecule is O=C(c1cn[nH]n1)N1CC2CCC(C1)N2S(=O)(=O)c1ccc(F)cc1. The van der Waals surface area contributed by atoms with Gasteiger partial charge in [-0.2, -0.15) is 19.7 Å². The molecular formula is C15H16FN5O3S. The standard InChI is InChI=1S/C15H16FN5O3S/c16-10-1-5-13(6-2-10)25(23,24)21-11-3-4-12(21)9-20(8-11)15(22)14-7-17-19-18-14/h1-2,5-7,11-12H,3-4,8-9H2,(H,17,18,19). The fourth-order valence-electron chi connectivity index (χ4n) is 3.62. The van der Waals surface area contributed by atoms with Crippen LogP contribution in [0.15, 0.2) is 35.4 Å². The Bertz CT molecular complexity index is 870. The fourth-order valence-corrected chi connectivity index (χ4v) is 5.47. The number of H-pyrrole nitrogens is 1. The van der Waals surface area contributed by atoms with Crippen molar-refractivity contribution in [2.24, 2.45) is 0 Å². The Morgan fingerprint density at radius 2 is 1.80 bits per heavy atom. The molecule has 2 bridgehead atoms. The van der Waals surface area contributed by atoms with E-state index in [1.54, 1.807) is 4.90 Å². The van der Waals surface area contributed by atoms with Crippen LogP contribution in [0.25, 0.3) is 0 Å². The van der Waals surface area contributed by atoms with Crippen molar-refractivity contribution in [1.29, 1.82) is 0 Å². The summed E-state index contributed by atoms with van der Waals surface area (Å²) in [5, 5.41) is 9.83. The zero-order chi connectivity index (χ0) is 17.6. The van der Waals surface area contributed by atoms with Crippen LogP contribution in [0.1, 0.15) is 23.3 Å².